The van der Waals surface area contributed by atoms with E-state index in [4.69, 9.17) is 0 Å². The van der Waals surface area contributed by atoms with Gasteiger partial charge in [-0.2, -0.15) is 0 Å². The zero-order chi connectivity index (χ0) is 11.4. The van der Waals surface area contributed by atoms with Crippen molar-refractivity contribution >= 4 is 0 Å². The number of hydrogen-bond donors (Lipinski definition) is 0. The lowest BCUT2D eigenvalue weighted by molar-refractivity contribution is 0.147. The first kappa shape index (κ1) is 11.8. The van der Waals surface area contributed by atoms with E-state index in [0.717, 1.165) is 6.07 Å². The molecule has 15 heavy (non-hydrogen) atoms. The van der Waals surface area contributed by atoms with Crippen LogP contribution in [0.1, 0.15) is 37.4 Å². The third-order valence-corrected chi connectivity index (χ3v) is 1.93. The maximum absolute atomic E-state index is 12.6. The van der Waals surface area contributed by atoms with Crippen molar-refractivity contribution < 1.29 is 17.9 Å². The van der Waals surface area contributed by atoms with Gasteiger partial charge in [0.15, 0.2) is 0 Å². The lowest BCUT2D eigenvalue weighted by atomic mass is 10.0. The number of aromatic nitrogens is 1. The summed E-state index contributed by atoms with van der Waals surface area (Å²) in [6, 6.07) is 1.13. The quantitative estimate of drug-likeness (QED) is 0.773. The highest BCUT2D eigenvalue weighted by molar-refractivity contribution is 5.31. The van der Waals surface area contributed by atoms with Crippen molar-refractivity contribution in [3.05, 3.63) is 23.5 Å². The lowest BCUT2D eigenvalue weighted by Crippen LogP contribution is -2.02. The molecule has 5 heteroatoms. The van der Waals surface area contributed by atoms with E-state index in [-0.39, 0.29) is 17.2 Å². The van der Waals surface area contributed by atoms with Gasteiger partial charge in [-0.3, -0.25) is 4.98 Å². The van der Waals surface area contributed by atoms with Gasteiger partial charge in [-0.25, -0.2) is 13.2 Å². The Morgan fingerprint density at radius 1 is 1.40 bits per heavy atom. The fourth-order valence-electron chi connectivity index (χ4n) is 1.27. The molecule has 0 saturated heterocycles. The van der Waals surface area contributed by atoms with E-state index in [1.807, 2.05) is 0 Å². The summed E-state index contributed by atoms with van der Waals surface area (Å²) in [5.41, 5.74) is 0.118. The number of ether oxygens (including phenoxy) is 1. The van der Waals surface area contributed by atoms with Gasteiger partial charge in [-0.05, 0) is 12.0 Å². The van der Waals surface area contributed by atoms with Gasteiger partial charge in [-0.1, -0.05) is 13.8 Å². The van der Waals surface area contributed by atoms with Gasteiger partial charge in [-0.15, -0.1) is 0 Å². The van der Waals surface area contributed by atoms with Crippen LogP contribution in [-0.2, 0) is 0 Å². The van der Waals surface area contributed by atoms with E-state index in [0.29, 0.717) is 5.69 Å². The molecule has 2 nitrogen and oxygen atoms in total. The number of nitrogens with zero attached hydrogens (tertiary/aromatic N) is 1. The Morgan fingerprint density at radius 3 is 2.53 bits per heavy atom. The molecule has 0 aliphatic heterocycles. The van der Waals surface area contributed by atoms with Crippen molar-refractivity contribution in [3.8, 4) is 5.75 Å². The summed E-state index contributed by atoms with van der Waals surface area (Å²) < 4.78 is 41.5. The van der Waals surface area contributed by atoms with Gasteiger partial charge in [0, 0.05) is 5.56 Å². The summed E-state index contributed by atoms with van der Waals surface area (Å²) >= 11 is 0. The molecule has 0 N–H and O–H groups in total. The van der Waals surface area contributed by atoms with E-state index in [1.165, 1.54) is 6.20 Å². The van der Waals surface area contributed by atoms with Crippen LogP contribution in [0.3, 0.4) is 0 Å². The summed E-state index contributed by atoms with van der Waals surface area (Å²) in [4.78, 5) is 3.85. The Morgan fingerprint density at radius 2 is 2.07 bits per heavy atom. The largest absolute Gasteiger partial charge is 0.461 e. The van der Waals surface area contributed by atoms with Crippen molar-refractivity contribution in [1.29, 1.82) is 0 Å². The van der Waals surface area contributed by atoms with Crippen molar-refractivity contribution in [2.24, 2.45) is 0 Å². The van der Waals surface area contributed by atoms with E-state index in [1.54, 1.807) is 13.8 Å². The van der Waals surface area contributed by atoms with E-state index in [2.05, 4.69) is 9.72 Å². The molecule has 0 fully saturated rings. The number of rotatable bonds is 4. The van der Waals surface area contributed by atoms with Crippen LogP contribution in [-0.4, -0.2) is 11.8 Å². The smallest absolute Gasteiger partial charge is 0.265 e. The second-order valence-corrected chi connectivity index (χ2v) is 3.35. The van der Waals surface area contributed by atoms with Crippen LogP contribution in [0, 0.1) is 0 Å². The van der Waals surface area contributed by atoms with Gasteiger partial charge in [0.05, 0.1) is 11.9 Å². The molecule has 1 aromatic rings. The van der Waals surface area contributed by atoms with Crippen LogP contribution in [0.2, 0.25) is 0 Å². The lowest BCUT2D eigenvalue weighted by Gasteiger charge is -2.12. The number of pyridine rings is 1. The third-order valence-electron chi connectivity index (χ3n) is 1.93. The van der Waals surface area contributed by atoms with Crippen LogP contribution in [0.25, 0.3) is 0 Å². The normalized spacial score (nSPS) is 11.1. The van der Waals surface area contributed by atoms with E-state index < -0.39 is 13.3 Å². The molecule has 1 aromatic heterocycles. The number of alkyl halides is 3. The second kappa shape index (κ2) is 5.00. The fraction of sp³-hybridized carbons (Fsp3) is 0.500. The van der Waals surface area contributed by atoms with Crippen LogP contribution < -0.4 is 4.74 Å². The average molecular weight is 219 g/mol. The Labute approximate surface area is 86.1 Å². The Kier molecular flexibility index (Phi) is 3.94. The summed E-state index contributed by atoms with van der Waals surface area (Å²) in [6.07, 6.45) is -1.38. The van der Waals surface area contributed by atoms with Crippen LogP contribution in [0.4, 0.5) is 13.2 Å². The Hall–Kier alpha value is -1.26. The number of hydrogen-bond acceptors (Lipinski definition) is 2. The van der Waals surface area contributed by atoms with Crippen molar-refractivity contribution in [2.45, 2.75) is 26.2 Å². The highest BCUT2D eigenvalue weighted by Gasteiger charge is 2.17. The molecule has 0 radical (unpaired) electrons. The molecular weight excluding hydrogens is 207 g/mol. The molecule has 0 amide bonds. The van der Waals surface area contributed by atoms with Gasteiger partial charge >= 0.3 is 0 Å². The third kappa shape index (κ3) is 2.84. The minimum Gasteiger partial charge on any atom is -0.461 e. The highest BCUT2D eigenvalue weighted by Crippen LogP contribution is 2.29. The molecule has 0 spiro atoms. The van der Waals surface area contributed by atoms with Gasteiger partial charge in [0.2, 0.25) is 6.86 Å². The van der Waals surface area contributed by atoms with Crippen LogP contribution >= 0.6 is 0 Å². The first-order chi connectivity index (χ1) is 7.06. The van der Waals surface area contributed by atoms with Gasteiger partial charge < -0.3 is 4.74 Å². The summed E-state index contributed by atoms with van der Waals surface area (Å²) in [5, 5.41) is 0. The van der Waals surface area contributed by atoms with Gasteiger partial charge in [0.25, 0.3) is 6.43 Å². The molecule has 1 rings (SSSR count). The molecule has 84 valence electrons. The topological polar surface area (TPSA) is 22.1 Å². The molecule has 0 aromatic carbocycles. The monoisotopic (exact) mass is 219 g/mol. The molecule has 1 heterocycles. The second-order valence-electron chi connectivity index (χ2n) is 3.35. The standard InChI is InChI=1S/C10H12F3NO/c1-6(2)9-8(10(12)13)3-7(4-14-9)15-5-11/h3-4,6,10H,5H2,1-2H3. The fourth-order valence-corrected chi connectivity index (χ4v) is 1.27. The summed E-state index contributed by atoms with van der Waals surface area (Å²) in [6.45, 7) is 2.49. The van der Waals surface area contributed by atoms with Crippen molar-refractivity contribution in [2.75, 3.05) is 6.86 Å². The first-order valence-electron chi connectivity index (χ1n) is 4.53. The summed E-state index contributed by atoms with van der Waals surface area (Å²) in [7, 11) is 0. The Bertz CT molecular complexity index is 328. The minimum atomic E-state index is -2.63. The predicted molar refractivity (Wildman–Crippen MR) is 49.9 cm³/mol. The molecule has 0 unspecified atom stereocenters. The highest BCUT2D eigenvalue weighted by atomic mass is 19.3. The first-order valence-corrected chi connectivity index (χ1v) is 4.53. The zero-order valence-electron chi connectivity index (χ0n) is 8.51. The Balaban J connectivity index is 3.09. The predicted octanol–water partition coefficient (Wildman–Crippen LogP) is 3.45. The number of halogens is 3. The molecular formula is C10H12F3NO. The molecule has 0 saturated carbocycles. The maximum atomic E-state index is 12.6. The van der Waals surface area contributed by atoms with E-state index in [9.17, 15) is 13.2 Å². The van der Waals surface area contributed by atoms with Crippen LogP contribution in [0.5, 0.6) is 5.75 Å². The van der Waals surface area contributed by atoms with Crippen molar-refractivity contribution in [1.82, 2.24) is 4.98 Å². The van der Waals surface area contributed by atoms with Crippen molar-refractivity contribution in [3.63, 3.8) is 0 Å². The summed E-state index contributed by atoms with van der Waals surface area (Å²) in [5.74, 6) is -0.0781. The molecule has 0 atom stereocenters. The average Bonchev–Trinajstić information content (AvgIpc) is 2.17. The molecule has 0 bridgehead atoms. The minimum absolute atomic E-state index is 0.0252. The zero-order valence-corrected chi connectivity index (χ0v) is 8.51. The molecule has 0 aliphatic rings. The van der Waals surface area contributed by atoms with Crippen LogP contribution in [0.15, 0.2) is 12.3 Å². The van der Waals surface area contributed by atoms with E-state index >= 15 is 0 Å². The maximum Gasteiger partial charge on any atom is 0.265 e. The molecule has 0 aliphatic carbocycles. The SMILES string of the molecule is CC(C)c1ncc(OCF)cc1C(F)F. The van der Waals surface area contributed by atoms with Gasteiger partial charge in [0.1, 0.15) is 5.75 Å².